The summed E-state index contributed by atoms with van der Waals surface area (Å²) in [4.78, 5) is 0. The Morgan fingerprint density at radius 1 is 0.882 bits per heavy atom. The predicted molar refractivity (Wildman–Crippen MR) is 52.5 cm³/mol. The van der Waals surface area contributed by atoms with Crippen molar-refractivity contribution in [3.05, 3.63) is 24.3 Å². The second-order valence-electron chi connectivity index (χ2n) is 3.00. The maximum absolute atomic E-state index is 10.7. The van der Waals surface area contributed by atoms with Gasteiger partial charge >= 0.3 is 5.51 Å². The molecule has 0 aliphatic heterocycles. The van der Waals surface area contributed by atoms with Crippen LogP contribution in [0.2, 0.25) is 0 Å². The third kappa shape index (κ3) is 10.7. The van der Waals surface area contributed by atoms with Gasteiger partial charge in [0.05, 0.1) is 0 Å². The van der Waals surface area contributed by atoms with Crippen molar-refractivity contribution in [2.45, 2.75) is 31.2 Å². The van der Waals surface area contributed by atoms with E-state index in [-0.39, 0.29) is 19.5 Å². The molecule has 0 aromatic heterocycles. The largest absolute Gasteiger partial charge is 0.741 e. The molecule has 1 aliphatic carbocycles. The first kappa shape index (κ1) is 19.2. The molecule has 0 atom stereocenters. The molecule has 1 radical (unpaired) electrons. The molecule has 3 nitrogen and oxygen atoms in total. The van der Waals surface area contributed by atoms with Crippen LogP contribution in [0.25, 0.3) is 0 Å². The number of allylic oxidation sites excluding steroid dienone is 4. The van der Waals surface area contributed by atoms with E-state index in [1.807, 2.05) is 0 Å². The first-order valence-corrected chi connectivity index (χ1v) is 5.98. The van der Waals surface area contributed by atoms with Gasteiger partial charge in [-0.15, -0.1) is 0 Å². The molecule has 0 bridgehead atoms. The summed E-state index contributed by atoms with van der Waals surface area (Å²) in [6.07, 6.45) is 14.0. The average Bonchev–Trinajstić information content (AvgIpc) is 1.98. The van der Waals surface area contributed by atoms with Crippen LogP contribution in [0.1, 0.15) is 25.7 Å². The molecule has 0 aromatic carbocycles. The van der Waals surface area contributed by atoms with E-state index in [0.717, 1.165) is 0 Å². The summed E-state index contributed by atoms with van der Waals surface area (Å²) < 4.78 is 58.9. The number of hydrogen-bond donors (Lipinski definition) is 0. The Hall–Kier alpha value is -0.197. The average molecular weight is 360 g/mol. The summed E-state index contributed by atoms with van der Waals surface area (Å²) in [5.74, 6) is 0. The van der Waals surface area contributed by atoms with E-state index < -0.39 is 15.6 Å². The maximum atomic E-state index is 10.7. The standard InChI is InChI=1S/C8H12.CHF3O3S.Rh/c1-2-4-6-8-7-5-3-1;2-1(3,4)8(5,6)7;/h1-2,7-8H,3-6H2;(H,5,6,7);/p-1/b2-1-,8-7-;;. The molecule has 0 saturated carbocycles. The third-order valence-corrected chi connectivity index (χ3v) is 2.18. The Kier molecular flexibility index (Phi) is 9.95. The second-order valence-corrected chi connectivity index (χ2v) is 4.37. The van der Waals surface area contributed by atoms with Gasteiger partial charge in [-0.25, -0.2) is 8.42 Å². The SMILES string of the molecule is C1=C\CC/C=C\CC/1.O=S(=O)([O-])C(F)(F)F.[Rh]. The van der Waals surface area contributed by atoms with Crippen LogP contribution in [0, 0.1) is 0 Å². The van der Waals surface area contributed by atoms with Gasteiger partial charge in [0.15, 0.2) is 10.1 Å². The minimum absolute atomic E-state index is 0. The topological polar surface area (TPSA) is 57.2 Å². The summed E-state index contributed by atoms with van der Waals surface area (Å²) in [5, 5.41) is 0. The van der Waals surface area contributed by atoms with Crippen LogP contribution >= 0.6 is 0 Å². The fourth-order valence-electron chi connectivity index (χ4n) is 0.856. The van der Waals surface area contributed by atoms with E-state index in [1.54, 1.807) is 0 Å². The van der Waals surface area contributed by atoms with Gasteiger partial charge in [0, 0.05) is 19.5 Å². The minimum atomic E-state index is -6.09. The van der Waals surface area contributed by atoms with Crippen LogP contribution in [0.3, 0.4) is 0 Å². The summed E-state index contributed by atoms with van der Waals surface area (Å²) in [6, 6.07) is 0. The quantitative estimate of drug-likeness (QED) is 0.289. The Labute approximate surface area is 111 Å². The molecule has 8 heteroatoms. The molecular formula is C9H12F3O3RhS-. The first-order chi connectivity index (χ1) is 7.25. The minimum Gasteiger partial charge on any atom is -0.741 e. The summed E-state index contributed by atoms with van der Waals surface area (Å²) in [5.41, 5.74) is -5.65. The van der Waals surface area contributed by atoms with Gasteiger partial charge in [0.1, 0.15) is 0 Å². The van der Waals surface area contributed by atoms with Gasteiger partial charge in [0.2, 0.25) is 0 Å². The zero-order chi connectivity index (χ0) is 12.7. The Bertz CT molecular complexity index is 321. The van der Waals surface area contributed by atoms with E-state index >= 15 is 0 Å². The normalized spacial score (nSPS) is 19.8. The summed E-state index contributed by atoms with van der Waals surface area (Å²) in [7, 11) is -6.09. The van der Waals surface area contributed by atoms with Crippen molar-refractivity contribution in [1.82, 2.24) is 0 Å². The van der Waals surface area contributed by atoms with E-state index in [4.69, 9.17) is 13.0 Å². The zero-order valence-electron chi connectivity index (χ0n) is 8.74. The van der Waals surface area contributed by atoms with E-state index in [2.05, 4.69) is 24.3 Å². The second kappa shape index (κ2) is 8.83. The van der Waals surface area contributed by atoms with Gasteiger partial charge in [-0.2, -0.15) is 13.2 Å². The van der Waals surface area contributed by atoms with Gasteiger partial charge in [-0.3, -0.25) is 0 Å². The van der Waals surface area contributed by atoms with Crippen molar-refractivity contribution >= 4 is 10.1 Å². The molecule has 17 heavy (non-hydrogen) atoms. The van der Waals surface area contributed by atoms with Gasteiger partial charge < -0.3 is 4.55 Å². The molecule has 1 aliphatic rings. The molecule has 1 rings (SSSR count). The van der Waals surface area contributed by atoms with Crippen molar-refractivity contribution < 1.29 is 45.6 Å². The zero-order valence-corrected chi connectivity index (χ0v) is 11.2. The molecule has 0 spiro atoms. The first-order valence-electron chi connectivity index (χ1n) is 4.57. The van der Waals surface area contributed by atoms with Crippen LogP contribution in [-0.4, -0.2) is 18.5 Å². The Balaban J connectivity index is 0. The van der Waals surface area contributed by atoms with Crippen molar-refractivity contribution in [3.63, 3.8) is 0 Å². The predicted octanol–water partition coefficient (Wildman–Crippen LogP) is 2.72. The van der Waals surface area contributed by atoms with Crippen LogP contribution < -0.4 is 0 Å². The van der Waals surface area contributed by atoms with Crippen LogP contribution in [-0.2, 0) is 29.6 Å². The Morgan fingerprint density at radius 3 is 1.18 bits per heavy atom. The van der Waals surface area contributed by atoms with E-state index in [9.17, 15) is 13.2 Å². The molecule has 0 amide bonds. The van der Waals surface area contributed by atoms with Crippen molar-refractivity contribution in [3.8, 4) is 0 Å². The number of rotatable bonds is 0. The summed E-state index contributed by atoms with van der Waals surface area (Å²) in [6.45, 7) is 0. The van der Waals surface area contributed by atoms with Gasteiger partial charge in [-0.05, 0) is 25.7 Å². The van der Waals surface area contributed by atoms with Gasteiger partial charge in [-0.1, -0.05) is 24.3 Å². The third-order valence-electron chi connectivity index (χ3n) is 1.62. The molecule has 0 aromatic rings. The fraction of sp³-hybridized carbons (Fsp3) is 0.556. The molecule has 0 heterocycles. The van der Waals surface area contributed by atoms with Crippen LogP contribution in [0.4, 0.5) is 13.2 Å². The fourth-order valence-corrected chi connectivity index (χ4v) is 0.856. The van der Waals surface area contributed by atoms with Crippen LogP contribution in [0.15, 0.2) is 24.3 Å². The van der Waals surface area contributed by atoms with E-state index in [0.29, 0.717) is 0 Å². The van der Waals surface area contributed by atoms with Crippen molar-refractivity contribution in [2.75, 3.05) is 0 Å². The molecule has 103 valence electrons. The Morgan fingerprint density at radius 2 is 1.06 bits per heavy atom. The van der Waals surface area contributed by atoms with Crippen molar-refractivity contribution in [1.29, 1.82) is 0 Å². The molecule has 0 unspecified atom stereocenters. The molecule has 0 saturated heterocycles. The molecule has 0 N–H and O–H groups in total. The molecule has 0 fully saturated rings. The van der Waals surface area contributed by atoms with E-state index in [1.165, 1.54) is 25.7 Å². The number of hydrogen-bond acceptors (Lipinski definition) is 3. The number of alkyl halides is 3. The van der Waals surface area contributed by atoms with Gasteiger partial charge in [0.25, 0.3) is 0 Å². The van der Waals surface area contributed by atoms with Crippen LogP contribution in [0.5, 0.6) is 0 Å². The van der Waals surface area contributed by atoms with Crippen molar-refractivity contribution in [2.24, 2.45) is 0 Å². The number of halogens is 3. The monoisotopic (exact) mass is 360 g/mol. The molecular weight excluding hydrogens is 348 g/mol. The smallest absolute Gasteiger partial charge is 0.485 e. The maximum Gasteiger partial charge on any atom is 0.485 e. The summed E-state index contributed by atoms with van der Waals surface area (Å²) >= 11 is 0.